The number of rotatable bonds is 3. The Balaban J connectivity index is 1.76. The van der Waals surface area contributed by atoms with Crippen LogP contribution < -0.4 is 5.56 Å². The molecule has 2 aromatic carbocycles. The van der Waals surface area contributed by atoms with Crippen LogP contribution in [0.5, 0.6) is 0 Å². The second kappa shape index (κ2) is 6.84. The Bertz CT molecular complexity index is 1300. The lowest BCUT2D eigenvalue weighted by molar-refractivity contribution is 0.0697. The molecule has 0 unspecified atom stereocenters. The summed E-state index contributed by atoms with van der Waals surface area (Å²) >= 11 is 0. The second-order valence-electron chi connectivity index (χ2n) is 7.57. The Kier molecular flexibility index (Phi) is 4.16. The van der Waals surface area contributed by atoms with Gasteiger partial charge in [0, 0.05) is 11.6 Å². The van der Waals surface area contributed by atoms with E-state index in [0.717, 1.165) is 42.6 Å². The van der Waals surface area contributed by atoms with Crippen LogP contribution >= 0.6 is 0 Å². The maximum atomic E-state index is 12.3. The van der Waals surface area contributed by atoms with Crippen molar-refractivity contribution in [2.75, 3.05) is 0 Å². The maximum absolute atomic E-state index is 12.3. The van der Waals surface area contributed by atoms with Gasteiger partial charge in [-0.15, -0.1) is 0 Å². The lowest BCUT2D eigenvalue weighted by Gasteiger charge is -2.25. The summed E-state index contributed by atoms with van der Waals surface area (Å²) in [4.78, 5) is 35.3. The van der Waals surface area contributed by atoms with E-state index in [0.29, 0.717) is 22.5 Å². The van der Waals surface area contributed by atoms with Crippen LogP contribution in [0.2, 0.25) is 0 Å². The normalized spacial score (nSPS) is 15.2. The highest BCUT2D eigenvalue weighted by molar-refractivity contribution is 5.93. The number of aromatic carboxylic acids is 1. The molecule has 0 spiro atoms. The van der Waals surface area contributed by atoms with Crippen molar-refractivity contribution in [2.45, 2.75) is 38.1 Å². The molecule has 4 aromatic rings. The van der Waals surface area contributed by atoms with Crippen LogP contribution in [-0.4, -0.2) is 30.6 Å². The lowest BCUT2D eigenvalue weighted by atomic mass is 9.94. The van der Waals surface area contributed by atoms with Gasteiger partial charge in [-0.05, 0) is 49.2 Å². The molecule has 0 atom stereocenters. The number of fused-ring (bicyclic) bond motifs is 2. The van der Waals surface area contributed by atoms with Gasteiger partial charge >= 0.3 is 5.97 Å². The molecule has 0 aliphatic heterocycles. The Hall–Kier alpha value is -3.48. The van der Waals surface area contributed by atoms with Gasteiger partial charge in [-0.2, -0.15) is 0 Å². The van der Waals surface area contributed by atoms with Crippen molar-refractivity contribution >= 4 is 27.9 Å². The van der Waals surface area contributed by atoms with E-state index < -0.39 is 5.97 Å². The molecule has 2 aromatic heterocycles. The van der Waals surface area contributed by atoms with Crippen LogP contribution in [0.25, 0.3) is 33.3 Å². The first-order valence-electron chi connectivity index (χ1n) is 9.85. The van der Waals surface area contributed by atoms with Crippen molar-refractivity contribution in [3.8, 4) is 11.4 Å². The zero-order valence-corrected chi connectivity index (χ0v) is 15.8. The Morgan fingerprint density at radius 1 is 1.07 bits per heavy atom. The van der Waals surface area contributed by atoms with Crippen molar-refractivity contribution < 1.29 is 9.90 Å². The fourth-order valence-electron chi connectivity index (χ4n) is 4.35. The molecule has 0 bridgehead atoms. The monoisotopic (exact) mass is 388 g/mol. The zero-order valence-electron chi connectivity index (χ0n) is 15.8. The van der Waals surface area contributed by atoms with E-state index in [4.69, 9.17) is 4.98 Å². The highest BCUT2D eigenvalue weighted by atomic mass is 16.4. The standard InChI is InChI=1S/C22H20N4O3/c27-21-16-10-13(6-8-17(16)23-12-24-21)20-25-18-11-14(22(28)29)7-9-19(18)26(20)15-4-2-1-3-5-15/h6-12,15H,1-5H2,(H,28,29)(H,23,24,27). The number of nitrogens with one attached hydrogen (secondary N) is 1. The molecule has 2 heterocycles. The number of aromatic amines is 1. The number of carbonyl (C=O) groups is 1. The number of imidazole rings is 1. The Morgan fingerprint density at radius 2 is 1.90 bits per heavy atom. The summed E-state index contributed by atoms with van der Waals surface area (Å²) in [7, 11) is 0. The minimum atomic E-state index is -0.969. The predicted molar refractivity (Wildman–Crippen MR) is 110 cm³/mol. The molecule has 29 heavy (non-hydrogen) atoms. The average molecular weight is 388 g/mol. The van der Waals surface area contributed by atoms with Crippen molar-refractivity contribution in [1.29, 1.82) is 0 Å². The molecular formula is C22H20N4O3. The van der Waals surface area contributed by atoms with Gasteiger partial charge in [-0.3, -0.25) is 4.79 Å². The maximum Gasteiger partial charge on any atom is 0.335 e. The molecule has 0 saturated heterocycles. The van der Waals surface area contributed by atoms with Gasteiger partial charge in [0.05, 0.1) is 33.8 Å². The smallest absolute Gasteiger partial charge is 0.335 e. The summed E-state index contributed by atoms with van der Waals surface area (Å²) < 4.78 is 2.23. The third kappa shape index (κ3) is 2.99. The van der Waals surface area contributed by atoms with Crippen LogP contribution in [0, 0.1) is 0 Å². The third-order valence-electron chi connectivity index (χ3n) is 5.77. The highest BCUT2D eigenvalue weighted by Crippen LogP contribution is 2.36. The molecule has 1 aliphatic carbocycles. The van der Waals surface area contributed by atoms with Crippen molar-refractivity contribution in [2.24, 2.45) is 0 Å². The van der Waals surface area contributed by atoms with Gasteiger partial charge in [0.25, 0.3) is 5.56 Å². The summed E-state index contributed by atoms with van der Waals surface area (Å²) in [5.41, 5.74) is 3.07. The molecule has 7 heteroatoms. The number of H-pyrrole nitrogens is 1. The van der Waals surface area contributed by atoms with E-state index in [-0.39, 0.29) is 11.1 Å². The molecule has 1 saturated carbocycles. The Morgan fingerprint density at radius 3 is 2.69 bits per heavy atom. The van der Waals surface area contributed by atoms with Gasteiger partial charge in [0.2, 0.25) is 0 Å². The number of aromatic nitrogens is 4. The summed E-state index contributed by atoms with van der Waals surface area (Å²) in [6.07, 6.45) is 7.09. The van der Waals surface area contributed by atoms with E-state index in [1.807, 2.05) is 24.3 Å². The van der Waals surface area contributed by atoms with Crippen LogP contribution in [0.15, 0.2) is 47.5 Å². The van der Waals surface area contributed by atoms with Crippen molar-refractivity contribution in [1.82, 2.24) is 19.5 Å². The number of carboxylic acids is 1. The number of carboxylic acid groups (broad SMARTS) is 1. The first-order chi connectivity index (χ1) is 14.1. The molecule has 1 aliphatic rings. The van der Waals surface area contributed by atoms with E-state index in [2.05, 4.69) is 14.5 Å². The first-order valence-corrected chi connectivity index (χ1v) is 9.85. The molecule has 0 amide bonds. The van der Waals surface area contributed by atoms with E-state index in [1.54, 1.807) is 12.1 Å². The average Bonchev–Trinajstić information content (AvgIpc) is 3.13. The van der Waals surface area contributed by atoms with Gasteiger partial charge in [0.1, 0.15) is 5.82 Å². The van der Waals surface area contributed by atoms with Gasteiger partial charge in [-0.25, -0.2) is 14.8 Å². The van der Waals surface area contributed by atoms with E-state index >= 15 is 0 Å². The van der Waals surface area contributed by atoms with Crippen LogP contribution in [0.4, 0.5) is 0 Å². The van der Waals surface area contributed by atoms with Crippen molar-refractivity contribution in [3.63, 3.8) is 0 Å². The minimum Gasteiger partial charge on any atom is -0.478 e. The van der Waals surface area contributed by atoms with Crippen molar-refractivity contribution in [3.05, 3.63) is 58.6 Å². The lowest BCUT2D eigenvalue weighted by Crippen LogP contribution is -2.14. The molecular weight excluding hydrogens is 368 g/mol. The highest BCUT2D eigenvalue weighted by Gasteiger charge is 2.23. The van der Waals surface area contributed by atoms with Crippen LogP contribution in [-0.2, 0) is 0 Å². The summed E-state index contributed by atoms with van der Waals surface area (Å²) in [6, 6.07) is 11.0. The number of nitrogens with zero attached hydrogens (tertiary/aromatic N) is 3. The molecule has 146 valence electrons. The van der Waals surface area contributed by atoms with Gasteiger partial charge in [-0.1, -0.05) is 19.3 Å². The van der Waals surface area contributed by atoms with Gasteiger partial charge < -0.3 is 14.7 Å². The molecule has 7 nitrogen and oxygen atoms in total. The van der Waals surface area contributed by atoms with E-state index in [1.165, 1.54) is 12.7 Å². The third-order valence-corrected chi connectivity index (χ3v) is 5.77. The zero-order chi connectivity index (χ0) is 20.0. The topological polar surface area (TPSA) is 101 Å². The molecule has 1 fully saturated rings. The number of hydrogen-bond donors (Lipinski definition) is 2. The number of hydrogen-bond acceptors (Lipinski definition) is 4. The predicted octanol–water partition coefficient (Wildman–Crippen LogP) is 4.14. The molecule has 2 N–H and O–H groups in total. The fourth-order valence-corrected chi connectivity index (χ4v) is 4.35. The largest absolute Gasteiger partial charge is 0.478 e. The fraction of sp³-hybridized carbons (Fsp3) is 0.273. The first kappa shape index (κ1) is 17.6. The summed E-state index contributed by atoms with van der Waals surface area (Å²) in [6.45, 7) is 0. The summed E-state index contributed by atoms with van der Waals surface area (Å²) in [5, 5.41) is 9.87. The Labute approximate surface area is 166 Å². The molecule has 0 radical (unpaired) electrons. The van der Waals surface area contributed by atoms with Gasteiger partial charge in [0.15, 0.2) is 0 Å². The van der Waals surface area contributed by atoms with Crippen LogP contribution in [0.3, 0.4) is 0 Å². The molecule has 5 rings (SSSR count). The minimum absolute atomic E-state index is 0.189. The summed E-state index contributed by atoms with van der Waals surface area (Å²) in [5.74, 6) is -0.205. The van der Waals surface area contributed by atoms with E-state index in [9.17, 15) is 14.7 Å². The van der Waals surface area contributed by atoms with Crippen LogP contribution in [0.1, 0.15) is 48.5 Å². The number of benzene rings is 2. The second-order valence-corrected chi connectivity index (χ2v) is 7.57. The SMILES string of the molecule is O=C(O)c1ccc2c(c1)nc(-c1ccc3nc[nH]c(=O)c3c1)n2C1CCCCC1. The quantitative estimate of drug-likeness (QED) is 0.549.